The Balaban J connectivity index is 2.44. The summed E-state index contributed by atoms with van der Waals surface area (Å²) in [5.41, 5.74) is 3.33. The van der Waals surface area contributed by atoms with Crippen molar-refractivity contribution >= 4 is 5.78 Å². The molecule has 0 unspecified atom stereocenters. The number of hydrogen-bond acceptors (Lipinski definition) is 2. The topological polar surface area (TPSA) is 45.8 Å². The van der Waals surface area contributed by atoms with Crippen molar-refractivity contribution in [1.82, 2.24) is 10.2 Å². The summed E-state index contributed by atoms with van der Waals surface area (Å²) in [7, 11) is 0. The first-order valence-electron chi connectivity index (χ1n) is 3.82. The highest BCUT2D eigenvalue weighted by Crippen LogP contribution is 2.19. The molecule has 1 aliphatic carbocycles. The van der Waals surface area contributed by atoms with Gasteiger partial charge in [-0.05, 0) is 18.9 Å². The van der Waals surface area contributed by atoms with Crippen molar-refractivity contribution < 1.29 is 4.79 Å². The van der Waals surface area contributed by atoms with Crippen LogP contribution >= 0.6 is 0 Å². The van der Waals surface area contributed by atoms with Crippen molar-refractivity contribution in [1.29, 1.82) is 0 Å². The molecule has 0 aromatic carbocycles. The van der Waals surface area contributed by atoms with Crippen LogP contribution in [0.2, 0.25) is 0 Å². The summed E-state index contributed by atoms with van der Waals surface area (Å²) in [6.07, 6.45) is 2.09. The lowest BCUT2D eigenvalue weighted by Gasteiger charge is -2.08. The third-order valence-electron chi connectivity index (χ3n) is 2.18. The van der Waals surface area contributed by atoms with E-state index in [-0.39, 0.29) is 0 Å². The van der Waals surface area contributed by atoms with Gasteiger partial charge in [-0.2, -0.15) is 5.10 Å². The molecule has 0 amide bonds. The lowest BCUT2D eigenvalue weighted by Crippen LogP contribution is -2.12. The van der Waals surface area contributed by atoms with Crippen molar-refractivity contribution in [3.8, 4) is 0 Å². The van der Waals surface area contributed by atoms with Crippen LogP contribution in [0.25, 0.3) is 0 Å². The van der Waals surface area contributed by atoms with E-state index in [1.165, 1.54) is 5.56 Å². The van der Waals surface area contributed by atoms with Gasteiger partial charge in [0.15, 0.2) is 0 Å². The molecule has 0 spiro atoms. The zero-order valence-corrected chi connectivity index (χ0v) is 6.48. The van der Waals surface area contributed by atoms with E-state index < -0.39 is 0 Å². The number of aromatic nitrogens is 2. The third-order valence-corrected chi connectivity index (χ3v) is 2.18. The fourth-order valence-electron chi connectivity index (χ4n) is 1.52. The molecule has 3 heteroatoms. The second-order valence-corrected chi connectivity index (χ2v) is 2.99. The van der Waals surface area contributed by atoms with Crippen molar-refractivity contribution in [3.05, 3.63) is 17.0 Å². The minimum Gasteiger partial charge on any atom is -0.299 e. The number of fused-ring (bicyclic) bond motifs is 1. The Bertz CT molecular complexity index is 301. The fourth-order valence-corrected chi connectivity index (χ4v) is 1.52. The van der Waals surface area contributed by atoms with Gasteiger partial charge in [0.2, 0.25) is 0 Å². The summed E-state index contributed by atoms with van der Waals surface area (Å²) >= 11 is 0. The predicted octanol–water partition coefficient (Wildman–Crippen LogP) is 0.776. The number of Topliss-reactive ketones (excluding diaryl/α,β-unsaturated/α-hetero) is 1. The third kappa shape index (κ3) is 0.964. The number of nitrogens with one attached hydrogen (secondary N) is 1. The van der Waals surface area contributed by atoms with E-state index in [1.807, 2.05) is 6.92 Å². The summed E-state index contributed by atoms with van der Waals surface area (Å²) in [6.45, 7) is 2.00. The standard InChI is InChI=1S/C8H10N2O/c1-5-7-3-2-6(11)4-8(7)10-9-5/h2-4H2,1H3,(H,9,10). The molecule has 1 heterocycles. The van der Waals surface area contributed by atoms with Gasteiger partial charge in [-0.1, -0.05) is 0 Å². The number of ketones is 1. The van der Waals surface area contributed by atoms with Crippen molar-refractivity contribution in [2.24, 2.45) is 0 Å². The molecule has 1 aliphatic rings. The summed E-state index contributed by atoms with van der Waals surface area (Å²) in [5, 5.41) is 6.96. The van der Waals surface area contributed by atoms with Crippen molar-refractivity contribution in [2.45, 2.75) is 26.2 Å². The van der Waals surface area contributed by atoms with E-state index in [2.05, 4.69) is 10.2 Å². The van der Waals surface area contributed by atoms with Gasteiger partial charge in [-0.3, -0.25) is 9.89 Å². The molecule has 0 atom stereocenters. The quantitative estimate of drug-likeness (QED) is 0.594. The Morgan fingerprint density at radius 3 is 3.09 bits per heavy atom. The maximum atomic E-state index is 11.0. The first-order valence-corrected chi connectivity index (χ1v) is 3.82. The molecular weight excluding hydrogens is 140 g/mol. The molecule has 2 rings (SSSR count). The van der Waals surface area contributed by atoms with Crippen molar-refractivity contribution in [2.75, 3.05) is 0 Å². The van der Waals surface area contributed by atoms with Gasteiger partial charge in [0.1, 0.15) is 5.78 Å². The van der Waals surface area contributed by atoms with Gasteiger partial charge >= 0.3 is 0 Å². The second-order valence-electron chi connectivity index (χ2n) is 2.99. The molecule has 0 saturated heterocycles. The molecular formula is C8H10N2O. The van der Waals surface area contributed by atoms with Gasteiger partial charge in [0.25, 0.3) is 0 Å². The normalized spacial score (nSPS) is 16.6. The Labute approximate surface area is 64.8 Å². The SMILES string of the molecule is Cc1[nH]nc2c1CCC(=O)C2. The highest BCUT2D eigenvalue weighted by Gasteiger charge is 2.19. The van der Waals surface area contributed by atoms with Crippen LogP contribution in [0.3, 0.4) is 0 Å². The number of H-pyrrole nitrogens is 1. The minimum absolute atomic E-state index is 0.309. The Morgan fingerprint density at radius 1 is 1.45 bits per heavy atom. The summed E-state index contributed by atoms with van der Waals surface area (Å²) in [6, 6.07) is 0. The average molecular weight is 150 g/mol. The van der Waals surface area contributed by atoms with E-state index in [4.69, 9.17) is 0 Å². The number of nitrogens with zero attached hydrogens (tertiary/aromatic N) is 1. The Morgan fingerprint density at radius 2 is 2.27 bits per heavy atom. The molecule has 3 nitrogen and oxygen atoms in total. The second kappa shape index (κ2) is 2.19. The van der Waals surface area contributed by atoms with E-state index >= 15 is 0 Å². The van der Waals surface area contributed by atoms with Gasteiger partial charge in [-0.15, -0.1) is 0 Å². The molecule has 0 radical (unpaired) electrons. The van der Waals surface area contributed by atoms with Crippen LogP contribution in [-0.2, 0) is 17.6 Å². The van der Waals surface area contributed by atoms with Crippen molar-refractivity contribution in [3.63, 3.8) is 0 Å². The van der Waals surface area contributed by atoms with Crippen LogP contribution in [-0.4, -0.2) is 16.0 Å². The number of hydrogen-bond donors (Lipinski definition) is 1. The molecule has 58 valence electrons. The lowest BCUT2D eigenvalue weighted by atomic mass is 9.95. The highest BCUT2D eigenvalue weighted by atomic mass is 16.1. The maximum Gasteiger partial charge on any atom is 0.139 e. The van der Waals surface area contributed by atoms with Crippen LogP contribution in [0, 0.1) is 6.92 Å². The molecule has 0 fully saturated rings. The molecule has 1 aromatic rings. The fraction of sp³-hybridized carbons (Fsp3) is 0.500. The van der Waals surface area contributed by atoms with Gasteiger partial charge in [0.05, 0.1) is 12.1 Å². The number of rotatable bonds is 0. The minimum atomic E-state index is 0.309. The summed E-state index contributed by atoms with van der Waals surface area (Å²) in [5.74, 6) is 0.309. The zero-order valence-electron chi connectivity index (χ0n) is 6.48. The molecule has 0 bridgehead atoms. The van der Waals surface area contributed by atoms with Crippen LogP contribution < -0.4 is 0 Å². The molecule has 1 N–H and O–H groups in total. The molecule has 1 aromatic heterocycles. The predicted molar refractivity (Wildman–Crippen MR) is 40.4 cm³/mol. The molecule has 0 saturated carbocycles. The number of carbonyl (C=O) groups is 1. The summed E-state index contributed by atoms with van der Waals surface area (Å²) in [4.78, 5) is 11.0. The van der Waals surface area contributed by atoms with E-state index in [1.54, 1.807) is 0 Å². The maximum absolute atomic E-state index is 11.0. The highest BCUT2D eigenvalue weighted by molar-refractivity contribution is 5.82. The first-order chi connectivity index (χ1) is 5.27. The van der Waals surface area contributed by atoms with Crippen LogP contribution in [0.15, 0.2) is 0 Å². The van der Waals surface area contributed by atoms with E-state index in [0.717, 1.165) is 17.8 Å². The largest absolute Gasteiger partial charge is 0.299 e. The lowest BCUT2D eigenvalue weighted by molar-refractivity contribution is -0.118. The first kappa shape index (κ1) is 6.58. The molecule has 11 heavy (non-hydrogen) atoms. The van der Waals surface area contributed by atoms with Crippen LogP contribution in [0.4, 0.5) is 0 Å². The Hall–Kier alpha value is -1.12. The van der Waals surface area contributed by atoms with Crippen LogP contribution in [0.1, 0.15) is 23.4 Å². The Kier molecular flexibility index (Phi) is 1.31. The zero-order chi connectivity index (χ0) is 7.84. The monoisotopic (exact) mass is 150 g/mol. The molecule has 0 aliphatic heterocycles. The van der Waals surface area contributed by atoms with Gasteiger partial charge in [0, 0.05) is 12.1 Å². The number of carbonyl (C=O) groups excluding carboxylic acids is 1. The van der Waals surface area contributed by atoms with Gasteiger partial charge < -0.3 is 0 Å². The smallest absolute Gasteiger partial charge is 0.139 e. The average Bonchev–Trinajstić information content (AvgIpc) is 2.32. The number of aromatic amines is 1. The van der Waals surface area contributed by atoms with E-state index in [0.29, 0.717) is 18.6 Å². The van der Waals surface area contributed by atoms with Gasteiger partial charge in [-0.25, -0.2) is 0 Å². The summed E-state index contributed by atoms with van der Waals surface area (Å²) < 4.78 is 0. The van der Waals surface area contributed by atoms with E-state index in [9.17, 15) is 4.79 Å². The number of aryl methyl sites for hydroxylation is 1. The van der Waals surface area contributed by atoms with Crippen LogP contribution in [0.5, 0.6) is 0 Å².